The summed E-state index contributed by atoms with van der Waals surface area (Å²) in [4.78, 5) is 4.02. The van der Waals surface area contributed by atoms with Crippen LogP contribution in [0.25, 0.3) is 0 Å². The van der Waals surface area contributed by atoms with Crippen molar-refractivity contribution in [2.45, 2.75) is 57.6 Å². The molecule has 0 radical (unpaired) electrons. The Morgan fingerprint density at radius 1 is 1.35 bits per heavy atom. The molecule has 0 aliphatic heterocycles. The Kier molecular flexibility index (Phi) is 5.80. The van der Waals surface area contributed by atoms with E-state index in [1.807, 2.05) is 19.1 Å². The molecule has 1 saturated carbocycles. The van der Waals surface area contributed by atoms with Gasteiger partial charge >= 0.3 is 0 Å². The minimum absolute atomic E-state index is 0.0276. The lowest BCUT2D eigenvalue weighted by atomic mass is 9.81. The Bertz CT molecular complexity index is 404. The lowest BCUT2D eigenvalue weighted by molar-refractivity contribution is -0.00912. The van der Waals surface area contributed by atoms with Gasteiger partial charge in [0.1, 0.15) is 5.82 Å². The molecule has 1 heterocycles. The summed E-state index contributed by atoms with van der Waals surface area (Å²) in [5, 5.41) is 0. The van der Waals surface area contributed by atoms with Gasteiger partial charge in [-0.2, -0.15) is 0 Å². The molecule has 1 fully saturated rings. The first kappa shape index (κ1) is 15.3. The summed E-state index contributed by atoms with van der Waals surface area (Å²) in [5.41, 5.74) is 13.3. The van der Waals surface area contributed by atoms with Gasteiger partial charge in [-0.3, -0.25) is 0 Å². The van der Waals surface area contributed by atoms with Crippen molar-refractivity contribution < 1.29 is 4.74 Å². The van der Waals surface area contributed by atoms with Gasteiger partial charge in [0, 0.05) is 18.8 Å². The maximum atomic E-state index is 6.43. The molecule has 1 aliphatic carbocycles. The molecule has 0 amide bonds. The van der Waals surface area contributed by atoms with Crippen LogP contribution in [0, 0.1) is 5.92 Å². The van der Waals surface area contributed by atoms with Crippen LogP contribution in [0.4, 0.5) is 5.82 Å². The minimum Gasteiger partial charge on any atom is -0.384 e. The third-order valence-electron chi connectivity index (χ3n) is 4.21. The Hall–Kier alpha value is -1.13. The van der Waals surface area contributed by atoms with E-state index in [-0.39, 0.29) is 12.1 Å². The first-order valence-electron chi connectivity index (χ1n) is 7.78. The smallest absolute Gasteiger partial charge is 0.123 e. The lowest BCUT2D eigenvalue weighted by Gasteiger charge is -2.34. The minimum atomic E-state index is 0.0276. The molecular weight excluding hydrogens is 250 g/mol. The quantitative estimate of drug-likeness (QED) is 0.838. The van der Waals surface area contributed by atoms with Crippen LogP contribution in [-0.4, -0.2) is 23.7 Å². The average molecular weight is 277 g/mol. The molecule has 1 aliphatic rings. The lowest BCUT2D eigenvalue weighted by Crippen LogP contribution is -2.44. The molecule has 0 saturated heterocycles. The Morgan fingerprint density at radius 3 is 2.75 bits per heavy atom. The summed E-state index contributed by atoms with van der Waals surface area (Å²) in [6.07, 6.45) is 9.17. The molecular formula is C16H27N3O. The van der Waals surface area contributed by atoms with E-state index in [2.05, 4.69) is 4.98 Å². The molecule has 20 heavy (non-hydrogen) atoms. The largest absolute Gasteiger partial charge is 0.384 e. The second kappa shape index (κ2) is 7.60. The van der Waals surface area contributed by atoms with Crippen molar-refractivity contribution in [2.75, 3.05) is 12.3 Å². The topological polar surface area (TPSA) is 74.2 Å². The standard InChI is InChI=1S/C16H27N3O/c1-2-20-16(13-6-4-3-5-7-13)14(17)10-12-8-9-19-15(18)11-12/h8-9,11,13-14,16H,2-7,10,17H2,1H3,(H2,18,19). The number of ether oxygens (including phenoxy) is 1. The summed E-state index contributed by atoms with van der Waals surface area (Å²) >= 11 is 0. The molecule has 0 spiro atoms. The first-order chi connectivity index (χ1) is 9.70. The first-order valence-corrected chi connectivity index (χ1v) is 7.78. The predicted molar refractivity (Wildman–Crippen MR) is 82.3 cm³/mol. The van der Waals surface area contributed by atoms with Gasteiger partial charge in [-0.15, -0.1) is 0 Å². The number of hydrogen-bond donors (Lipinski definition) is 2. The van der Waals surface area contributed by atoms with E-state index in [1.165, 1.54) is 32.1 Å². The number of anilines is 1. The summed E-state index contributed by atoms with van der Waals surface area (Å²) in [5.74, 6) is 1.17. The second-order valence-corrected chi connectivity index (χ2v) is 5.77. The number of nitrogens with two attached hydrogens (primary N) is 2. The molecule has 2 atom stereocenters. The molecule has 112 valence electrons. The van der Waals surface area contributed by atoms with Gasteiger partial charge in [0.2, 0.25) is 0 Å². The van der Waals surface area contributed by atoms with Crippen molar-refractivity contribution in [3.8, 4) is 0 Å². The molecule has 4 nitrogen and oxygen atoms in total. The molecule has 4 heteroatoms. The third kappa shape index (κ3) is 4.18. The van der Waals surface area contributed by atoms with E-state index in [9.17, 15) is 0 Å². The van der Waals surface area contributed by atoms with Crippen LogP contribution in [0.3, 0.4) is 0 Å². The molecule has 0 bridgehead atoms. The monoisotopic (exact) mass is 277 g/mol. The highest BCUT2D eigenvalue weighted by Crippen LogP contribution is 2.30. The number of nitrogens with zero attached hydrogens (tertiary/aromatic N) is 1. The fourth-order valence-corrected chi connectivity index (χ4v) is 3.27. The third-order valence-corrected chi connectivity index (χ3v) is 4.21. The van der Waals surface area contributed by atoms with Gasteiger partial charge in [0.05, 0.1) is 6.10 Å². The highest BCUT2D eigenvalue weighted by Gasteiger charge is 2.29. The highest BCUT2D eigenvalue weighted by atomic mass is 16.5. The Morgan fingerprint density at radius 2 is 2.10 bits per heavy atom. The SMILES string of the molecule is CCOC(C(N)Cc1ccnc(N)c1)C1CCCCC1. The van der Waals surface area contributed by atoms with Crippen molar-refractivity contribution in [1.29, 1.82) is 0 Å². The Balaban J connectivity index is 2.00. The van der Waals surface area contributed by atoms with E-state index >= 15 is 0 Å². The van der Waals surface area contributed by atoms with E-state index in [0.29, 0.717) is 11.7 Å². The predicted octanol–water partition coefficient (Wildman–Crippen LogP) is 2.52. The summed E-state index contributed by atoms with van der Waals surface area (Å²) < 4.78 is 5.97. The zero-order chi connectivity index (χ0) is 14.4. The van der Waals surface area contributed by atoms with Crippen LogP contribution >= 0.6 is 0 Å². The zero-order valence-electron chi connectivity index (χ0n) is 12.4. The van der Waals surface area contributed by atoms with Crippen LogP contribution in [0.15, 0.2) is 18.3 Å². The number of nitrogen functional groups attached to an aromatic ring is 1. The molecule has 4 N–H and O–H groups in total. The van der Waals surface area contributed by atoms with Gasteiger partial charge in [-0.1, -0.05) is 19.3 Å². The molecule has 2 rings (SSSR count). The fourth-order valence-electron chi connectivity index (χ4n) is 3.27. The number of hydrogen-bond acceptors (Lipinski definition) is 4. The van der Waals surface area contributed by atoms with Crippen LogP contribution in [0.2, 0.25) is 0 Å². The van der Waals surface area contributed by atoms with Crippen molar-refractivity contribution >= 4 is 5.82 Å². The molecule has 1 aromatic heterocycles. The van der Waals surface area contributed by atoms with Crippen LogP contribution < -0.4 is 11.5 Å². The van der Waals surface area contributed by atoms with Crippen LogP contribution in [0.5, 0.6) is 0 Å². The number of rotatable bonds is 6. The number of aromatic nitrogens is 1. The van der Waals surface area contributed by atoms with Gasteiger partial charge in [-0.05, 0) is 49.8 Å². The van der Waals surface area contributed by atoms with Gasteiger partial charge < -0.3 is 16.2 Å². The second-order valence-electron chi connectivity index (χ2n) is 5.77. The normalized spacial score (nSPS) is 19.7. The molecule has 0 aromatic carbocycles. The highest BCUT2D eigenvalue weighted by molar-refractivity contribution is 5.32. The van der Waals surface area contributed by atoms with E-state index < -0.39 is 0 Å². The van der Waals surface area contributed by atoms with E-state index in [4.69, 9.17) is 16.2 Å². The maximum Gasteiger partial charge on any atom is 0.123 e. The van der Waals surface area contributed by atoms with Crippen molar-refractivity contribution in [3.05, 3.63) is 23.9 Å². The summed E-state index contributed by atoms with van der Waals surface area (Å²) in [6, 6.07) is 3.92. The molecule has 2 unspecified atom stereocenters. The fraction of sp³-hybridized carbons (Fsp3) is 0.688. The van der Waals surface area contributed by atoms with Gasteiger partial charge in [0.25, 0.3) is 0 Å². The summed E-state index contributed by atoms with van der Waals surface area (Å²) in [7, 11) is 0. The van der Waals surface area contributed by atoms with E-state index in [1.54, 1.807) is 6.20 Å². The summed E-state index contributed by atoms with van der Waals surface area (Å²) in [6.45, 7) is 2.78. The van der Waals surface area contributed by atoms with Crippen molar-refractivity contribution in [3.63, 3.8) is 0 Å². The van der Waals surface area contributed by atoms with Gasteiger partial charge in [0.15, 0.2) is 0 Å². The van der Waals surface area contributed by atoms with Crippen molar-refractivity contribution in [2.24, 2.45) is 11.7 Å². The van der Waals surface area contributed by atoms with Crippen LogP contribution in [-0.2, 0) is 11.2 Å². The Labute approximate surface area is 121 Å². The van der Waals surface area contributed by atoms with Crippen LogP contribution in [0.1, 0.15) is 44.6 Å². The van der Waals surface area contributed by atoms with E-state index in [0.717, 1.165) is 18.6 Å². The average Bonchev–Trinajstić information content (AvgIpc) is 2.45. The van der Waals surface area contributed by atoms with Crippen molar-refractivity contribution in [1.82, 2.24) is 4.98 Å². The number of pyridine rings is 1. The maximum absolute atomic E-state index is 6.43. The molecule has 1 aromatic rings. The van der Waals surface area contributed by atoms with Gasteiger partial charge in [-0.25, -0.2) is 4.98 Å². The zero-order valence-corrected chi connectivity index (χ0v) is 12.4.